The molecule has 0 radical (unpaired) electrons. The van der Waals surface area contributed by atoms with E-state index >= 15 is 0 Å². The summed E-state index contributed by atoms with van der Waals surface area (Å²) in [6.45, 7) is 5.41. The summed E-state index contributed by atoms with van der Waals surface area (Å²) in [7, 11) is 1.38. The molecule has 0 aliphatic carbocycles. The van der Waals surface area contributed by atoms with E-state index in [-0.39, 0.29) is 5.97 Å². The number of pyridine rings is 1. The van der Waals surface area contributed by atoms with Crippen LogP contribution in [0, 0.1) is 0 Å². The third-order valence-corrected chi connectivity index (χ3v) is 3.23. The van der Waals surface area contributed by atoms with Crippen LogP contribution in [0.3, 0.4) is 0 Å². The number of hydrogen-bond donors (Lipinski definition) is 1. The highest BCUT2D eigenvalue weighted by molar-refractivity contribution is 5.87. The van der Waals surface area contributed by atoms with Gasteiger partial charge in [0.1, 0.15) is 11.4 Å². The van der Waals surface area contributed by atoms with Crippen LogP contribution in [0.5, 0.6) is 0 Å². The number of nitrogens with zero attached hydrogens (tertiary/aromatic N) is 1. The van der Waals surface area contributed by atoms with E-state index in [1.807, 2.05) is 24.3 Å². The average Bonchev–Trinajstić information content (AvgIpc) is 2.50. The predicted octanol–water partition coefficient (Wildman–Crippen LogP) is 3.69. The molecule has 6 nitrogen and oxygen atoms in total. The summed E-state index contributed by atoms with van der Waals surface area (Å²) < 4.78 is 9.85. The first-order valence-corrected chi connectivity index (χ1v) is 7.73. The van der Waals surface area contributed by atoms with Crippen molar-refractivity contribution in [1.82, 2.24) is 4.98 Å². The molecule has 2 rings (SSSR count). The molecule has 0 aliphatic rings. The number of carbonyl (C=O) groups is 2. The molecule has 24 heavy (non-hydrogen) atoms. The number of benzene rings is 1. The maximum Gasteiger partial charge on any atom is 0.413 e. The van der Waals surface area contributed by atoms with Gasteiger partial charge in [-0.3, -0.25) is 10.1 Å². The van der Waals surface area contributed by atoms with Gasteiger partial charge in [0.05, 0.1) is 12.6 Å². The van der Waals surface area contributed by atoms with E-state index < -0.39 is 11.7 Å². The molecule has 1 N–H and O–H groups in total. The molecule has 0 unspecified atom stereocenters. The van der Waals surface area contributed by atoms with Gasteiger partial charge in [-0.15, -0.1) is 0 Å². The van der Waals surface area contributed by atoms with Gasteiger partial charge < -0.3 is 9.47 Å². The topological polar surface area (TPSA) is 77.5 Å². The van der Waals surface area contributed by atoms with Crippen LogP contribution >= 0.6 is 0 Å². The maximum absolute atomic E-state index is 11.8. The minimum absolute atomic E-state index is 0.231. The van der Waals surface area contributed by atoms with Crippen molar-refractivity contribution in [3.05, 3.63) is 35.9 Å². The number of carbonyl (C=O) groups excluding carboxylic acids is 2. The lowest BCUT2D eigenvalue weighted by Crippen LogP contribution is -2.27. The molecule has 0 saturated carbocycles. The Kier molecular flexibility index (Phi) is 5.39. The van der Waals surface area contributed by atoms with Gasteiger partial charge in [0.2, 0.25) is 0 Å². The summed E-state index contributed by atoms with van der Waals surface area (Å²) in [5, 5.41) is 3.56. The zero-order valence-electron chi connectivity index (χ0n) is 14.4. The molecule has 128 valence electrons. The first-order chi connectivity index (χ1) is 11.3. The first kappa shape index (κ1) is 17.7. The fourth-order valence-corrected chi connectivity index (χ4v) is 2.16. The van der Waals surface area contributed by atoms with E-state index in [4.69, 9.17) is 4.74 Å². The van der Waals surface area contributed by atoms with Gasteiger partial charge in [-0.05, 0) is 57.0 Å². The maximum atomic E-state index is 11.8. The molecule has 0 saturated heterocycles. The molecule has 0 spiro atoms. The molecular weight excluding hydrogens is 308 g/mol. The first-order valence-electron chi connectivity index (χ1n) is 7.73. The molecular formula is C18H22N2O4. The standard InChI is InChI=1S/C18H22N2O4/c1-18(2,3)24-17(22)20-15-9-7-13-11-12(5-8-14(13)19-15)6-10-16(21)23-4/h5,7-9,11H,6,10H2,1-4H3,(H,19,20,22). The molecule has 0 aliphatic heterocycles. The smallest absolute Gasteiger partial charge is 0.413 e. The zero-order chi connectivity index (χ0) is 17.7. The van der Waals surface area contributed by atoms with Crippen LogP contribution in [0.25, 0.3) is 10.9 Å². The number of esters is 1. The molecule has 1 heterocycles. The Morgan fingerprint density at radius 3 is 2.58 bits per heavy atom. The number of nitrogens with one attached hydrogen (secondary N) is 1. The SMILES string of the molecule is COC(=O)CCc1ccc2nc(NC(=O)OC(C)(C)C)ccc2c1. The Bertz CT molecular complexity index is 750. The molecule has 0 atom stereocenters. The van der Waals surface area contributed by atoms with Crippen LogP contribution in [0.15, 0.2) is 30.3 Å². The highest BCUT2D eigenvalue weighted by Crippen LogP contribution is 2.19. The van der Waals surface area contributed by atoms with Crippen LogP contribution in [0.1, 0.15) is 32.8 Å². The lowest BCUT2D eigenvalue weighted by Gasteiger charge is -2.19. The van der Waals surface area contributed by atoms with Crippen molar-refractivity contribution in [3.8, 4) is 0 Å². The molecule has 0 bridgehead atoms. The average molecular weight is 330 g/mol. The molecule has 1 amide bonds. The summed E-state index contributed by atoms with van der Waals surface area (Å²) in [6.07, 6.45) is 0.415. The van der Waals surface area contributed by atoms with E-state index in [1.54, 1.807) is 26.8 Å². The molecule has 6 heteroatoms. The Balaban J connectivity index is 2.09. The molecule has 2 aromatic rings. The Morgan fingerprint density at radius 2 is 1.92 bits per heavy atom. The number of amides is 1. The number of anilines is 1. The molecule has 0 fully saturated rings. The lowest BCUT2D eigenvalue weighted by molar-refractivity contribution is -0.140. The molecule has 1 aromatic heterocycles. The highest BCUT2D eigenvalue weighted by Gasteiger charge is 2.16. The Morgan fingerprint density at radius 1 is 1.17 bits per heavy atom. The van der Waals surface area contributed by atoms with Crippen LogP contribution in [-0.2, 0) is 20.7 Å². The van der Waals surface area contributed by atoms with Crippen molar-refractivity contribution in [2.24, 2.45) is 0 Å². The third-order valence-electron chi connectivity index (χ3n) is 3.23. The van der Waals surface area contributed by atoms with E-state index in [2.05, 4.69) is 15.0 Å². The predicted molar refractivity (Wildman–Crippen MR) is 91.9 cm³/mol. The fraction of sp³-hybridized carbons (Fsp3) is 0.389. The number of aromatic nitrogens is 1. The summed E-state index contributed by atoms with van der Waals surface area (Å²) in [6, 6.07) is 9.34. The van der Waals surface area contributed by atoms with Gasteiger partial charge >= 0.3 is 12.1 Å². The summed E-state index contributed by atoms with van der Waals surface area (Å²) in [5.41, 5.74) is 1.23. The second kappa shape index (κ2) is 7.29. The van der Waals surface area contributed by atoms with Gasteiger partial charge in [-0.25, -0.2) is 9.78 Å². The number of methoxy groups -OCH3 is 1. The van der Waals surface area contributed by atoms with Crippen molar-refractivity contribution in [1.29, 1.82) is 0 Å². The third kappa shape index (κ3) is 5.22. The van der Waals surface area contributed by atoms with Gasteiger partial charge in [-0.2, -0.15) is 0 Å². The van der Waals surface area contributed by atoms with Gasteiger partial charge in [0.25, 0.3) is 0 Å². The number of ether oxygens (including phenoxy) is 2. The quantitative estimate of drug-likeness (QED) is 0.865. The van der Waals surface area contributed by atoms with Crippen LogP contribution in [0.2, 0.25) is 0 Å². The van der Waals surface area contributed by atoms with Crippen LogP contribution < -0.4 is 5.32 Å². The van der Waals surface area contributed by atoms with Crippen molar-refractivity contribution in [2.45, 2.75) is 39.2 Å². The normalized spacial score (nSPS) is 11.2. The molecule has 1 aromatic carbocycles. The van der Waals surface area contributed by atoms with E-state index in [0.29, 0.717) is 18.7 Å². The number of fused-ring (bicyclic) bond motifs is 1. The Labute approximate surface area is 141 Å². The van der Waals surface area contributed by atoms with Crippen molar-refractivity contribution < 1.29 is 19.1 Å². The number of hydrogen-bond acceptors (Lipinski definition) is 5. The van der Waals surface area contributed by atoms with Crippen molar-refractivity contribution in [2.75, 3.05) is 12.4 Å². The Hall–Kier alpha value is -2.63. The minimum Gasteiger partial charge on any atom is -0.469 e. The monoisotopic (exact) mass is 330 g/mol. The van der Waals surface area contributed by atoms with Gasteiger partial charge in [-0.1, -0.05) is 6.07 Å². The zero-order valence-corrected chi connectivity index (χ0v) is 14.4. The van der Waals surface area contributed by atoms with E-state index in [0.717, 1.165) is 16.5 Å². The van der Waals surface area contributed by atoms with Gasteiger partial charge in [0.15, 0.2) is 0 Å². The summed E-state index contributed by atoms with van der Waals surface area (Å²) in [5.74, 6) is 0.198. The fourth-order valence-electron chi connectivity index (χ4n) is 2.16. The van der Waals surface area contributed by atoms with E-state index in [9.17, 15) is 9.59 Å². The number of aryl methyl sites for hydroxylation is 1. The van der Waals surface area contributed by atoms with Crippen LogP contribution in [-0.4, -0.2) is 29.8 Å². The minimum atomic E-state index is -0.560. The van der Waals surface area contributed by atoms with Crippen molar-refractivity contribution in [3.63, 3.8) is 0 Å². The van der Waals surface area contributed by atoms with E-state index in [1.165, 1.54) is 7.11 Å². The number of rotatable bonds is 4. The second-order valence-electron chi connectivity index (χ2n) is 6.43. The summed E-state index contributed by atoms with van der Waals surface area (Å²) >= 11 is 0. The van der Waals surface area contributed by atoms with Crippen LogP contribution in [0.4, 0.5) is 10.6 Å². The van der Waals surface area contributed by atoms with Gasteiger partial charge in [0, 0.05) is 11.8 Å². The highest BCUT2D eigenvalue weighted by atomic mass is 16.6. The van der Waals surface area contributed by atoms with Crippen molar-refractivity contribution >= 4 is 28.8 Å². The lowest BCUT2D eigenvalue weighted by atomic mass is 10.1. The largest absolute Gasteiger partial charge is 0.469 e. The second-order valence-corrected chi connectivity index (χ2v) is 6.43. The summed E-state index contributed by atoms with van der Waals surface area (Å²) in [4.78, 5) is 27.4.